The number of aryl methyl sites for hydroxylation is 1. The summed E-state index contributed by atoms with van der Waals surface area (Å²) >= 11 is 0. The Bertz CT molecular complexity index is 1290. The Kier molecular flexibility index (Phi) is 4.61. The minimum atomic E-state index is -4.54. The number of nitrogens with zero attached hydrogens (tertiary/aromatic N) is 3. The first-order valence-electron chi connectivity index (χ1n) is 8.77. The van der Waals surface area contributed by atoms with Gasteiger partial charge < -0.3 is 4.98 Å². The number of alkyl halides is 3. The van der Waals surface area contributed by atoms with Crippen LogP contribution in [0.5, 0.6) is 0 Å². The highest BCUT2D eigenvalue weighted by Gasteiger charge is 2.30. The fraction of sp³-hybridized carbons (Fsp3) is 0.100. The van der Waals surface area contributed by atoms with Gasteiger partial charge in [0.2, 0.25) is 11.4 Å². The van der Waals surface area contributed by atoms with Gasteiger partial charge in [0.1, 0.15) is 0 Å². The number of aromatic nitrogens is 4. The number of anilines is 1. The van der Waals surface area contributed by atoms with Gasteiger partial charge in [0.25, 0.3) is 5.91 Å². The van der Waals surface area contributed by atoms with Gasteiger partial charge in [0.15, 0.2) is 5.69 Å². The van der Waals surface area contributed by atoms with Crippen molar-refractivity contribution in [2.45, 2.75) is 13.1 Å². The first kappa shape index (κ1) is 19.4. The Balaban J connectivity index is 1.71. The Morgan fingerprint density at radius 1 is 1.10 bits per heavy atom. The fourth-order valence-corrected chi connectivity index (χ4v) is 2.96. The zero-order chi connectivity index (χ0) is 21.5. The van der Waals surface area contributed by atoms with Crippen molar-refractivity contribution >= 4 is 22.9 Å². The summed E-state index contributed by atoms with van der Waals surface area (Å²) in [5.41, 5.74) is -0.354. The molecule has 4 rings (SSSR count). The van der Waals surface area contributed by atoms with Crippen molar-refractivity contribution in [1.29, 1.82) is 0 Å². The van der Waals surface area contributed by atoms with E-state index in [9.17, 15) is 22.8 Å². The Hall–Kier alpha value is -3.95. The molecule has 0 aliphatic carbocycles. The molecule has 0 radical (unpaired) electrons. The third-order valence-electron chi connectivity index (χ3n) is 4.36. The van der Waals surface area contributed by atoms with E-state index in [-0.39, 0.29) is 17.3 Å². The van der Waals surface area contributed by atoms with Crippen LogP contribution in [0.3, 0.4) is 0 Å². The maximum atomic E-state index is 13.0. The van der Waals surface area contributed by atoms with Crippen LogP contribution < -0.4 is 10.7 Å². The van der Waals surface area contributed by atoms with Gasteiger partial charge in [0, 0.05) is 11.8 Å². The number of aromatic amines is 1. The maximum absolute atomic E-state index is 13.0. The number of hydrogen-bond acceptors (Lipinski definition) is 4. The number of imidazole rings is 1. The lowest BCUT2D eigenvalue weighted by molar-refractivity contribution is -0.137. The number of fused-ring (bicyclic) bond motifs is 1. The number of benzene rings is 2. The zero-order valence-corrected chi connectivity index (χ0v) is 15.5. The average Bonchev–Trinajstić information content (AvgIpc) is 3.09. The predicted octanol–water partition coefficient (Wildman–Crippen LogP) is 3.69. The third kappa shape index (κ3) is 3.66. The summed E-state index contributed by atoms with van der Waals surface area (Å²) in [6.07, 6.45) is -4.54. The van der Waals surface area contributed by atoms with Crippen LogP contribution in [-0.2, 0) is 6.18 Å². The first-order valence-corrected chi connectivity index (χ1v) is 8.77. The van der Waals surface area contributed by atoms with Gasteiger partial charge in [-0.25, -0.2) is 9.67 Å². The van der Waals surface area contributed by atoms with Gasteiger partial charge in [-0.2, -0.15) is 18.3 Å². The molecule has 2 aromatic heterocycles. The van der Waals surface area contributed by atoms with Crippen LogP contribution in [0.1, 0.15) is 21.7 Å². The minimum Gasteiger partial charge on any atom is -0.324 e. The minimum absolute atomic E-state index is 0.0695. The molecule has 0 spiro atoms. The Morgan fingerprint density at radius 3 is 2.60 bits per heavy atom. The van der Waals surface area contributed by atoms with Gasteiger partial charge in [-0.15, -0.1) is 0 Å². The molecule has 4 aromatic rings. The highest BCUT2D eigenvalue weighted by molar-refractivity contribution is 6.02. The molecular formula is C20H14F3N5O2. The zero-order valence-electron chi connectivity index (χ0n) is 15.5. The fourth-order valence-electron chi connectivity index (χ4n) is 2.96. The standard InChI is InChI=1S/C20H14F3N5O2/c1-11-9-16(29)17(18(30)26-19-24-14-7-2-3-8-15(14)25-19)27-28(11)13-6-4-5-12(10-13)20(21,22)23/h2-10H,1H3,(H2,24,25,26,30). The molecule has 0 bridgehead atoms. The SMILES string of the molecule is Cc1cc(=O)c(C(=O)Nc2nc3ccccc3[nH]2)nn1-c1cccc(C(F)(F)F)c1. The van der Waals surface area contributed by atoms with Crippen molar-refractivity contribution in [3.8, 4) is 5.69 Å². The molecule has 0 aliphatic heterocycles. The number of para-hydroxylation sites is 2. The topological polar surface area (TPSA) is 92.7 Å². The van der Waals surface area contributed by atoms with E-state index in [0.29, 0.717) is 11.0 Å². The van der Waals surface area contributed by atoms with Gasteiger partial charge in [-0.05, 0) is 37.3 Å². The van der Waals surface area contributed by atoms with Crippen molar-refractivity contribution in [2.75, 3.05) is 5.32 Å². The number of carbonyl (C=O) groups is 1. The molecule has 0 fully saturated rings. The van der Waals surface area contributed by atoms with Crippen LogP contribution >= 0.6 is 0 Å². The Labute approximate surface area is 167 Å². The van der Waals surface area contributed by atoms with E-state index in [1.165, 1.54) is 19.1 Å². The number of rotatable bonds is 3. The average molecular weight is 413 g/mol. The lowest BCUT2D eigenvalue weighted by Crippen LogP contribution is -2.27. The molecule has 0 saturated carbocycles. The van der Waals surface area contributed by atoms with Crippen LogP contribution in [0.25, 0.3) is 16.7 Å². The van der Waals surface area contributed by atoms with Crippen LogP contribution in [0.2, 0.25) is 0 Å². The summed E-state index contributed by atoms with van der Waals surface area (Å²) in [5.74, 6) is -0.714. The van der Waals surface area contributed by atoms with E-state index in [0.717, 1.165) is 22.9 Å². The molecule has 2 heterocycles. The summed E-state index contributed by atoms with van der Waals surface area (Å²) in [6.45, 7) is 1.51. The number of nitrogens with one attached hydrogen (secondary N) is 2. The van der Waals surface area contributed by atoms with Gasteiger partial charge in [0.05, 0.1) is 22.3 Å². The van der Waals surface area contributed by atoms with Gasteiger partial charge in [-0.3, -0.25) is 14.9 Å². The maximum Gasteiger partial charge on any atom is 0.416 e. The second kappa shape index (κ2) is 7.14. The van der Waals surface area contributed by atoms with Crippen molar-refractivity contribution in [2.24, 2.45) is 0 Å². The van der Waals surface area contributed by atoms with E-state index in [2.05, 4.69) is 20.4 Å². The molecule has 2 aromatic carbocycles. The van der Waals surface area contributed by atoms with Gasteiger partial charge in [-0.1, -0.05) is 18.2 Å². The molecule has 30 heavy (non-hydrogen) atoms. The van der Waals surface area contributed by atoms with Crippen molar-refractivity contribution in [1.82, 2.24) is 19.7 Å². The van der Waals surface area contributed by atoms with Crippen molar-refractivity contribution < 1.29 is 18.0 Å². The summed E-state index contributed by atoms with van der Waals surface area (Å²) < 4.78 is 40.2. The molecule has 1 amide bonds. The van der Waals surface area contributed by atoms with Crippen LogP contribution in [0.4, 0.5) is 19.1 Å². The van der Waals surface area contributed by atoms with E-state index >= 15 is 0 Å². The quantitative estimate of drug-likeness (QED) is 0.536. The number of amides is 1. The number of carbonyl (C=O) groups excluding carboxylic acids is 1. The third-order valence-corrected chi connectivity index (χ3v) is 4.36. The molecule has 152 valence electrons. The lowest BCUT2D eigenvalue weighted by Gasteiger charge is -2.13. The summed E-state index contributed by atoms with van der Waals surface area (Å²) in [7, 11) is 0. The normalized spacial score (nSPS) is 11.6. The molecule has 0 unspecified atom stereocenters. The van der Waals surface area contributed by atoms with Crippen molar-refractivity contribution in [3.63, 3.8) is 0 Å². The van der Waals surface area contributed by atoms with E-state index in [1.807, 2.05) is 0 Å². The highest BCUT2D eigenvalue weighted by Crippen LogP contribution is 2.30. The molecule has 10 heteroatoms. The summed E-state index contributed by atoms with van der Waals surface area (Å²) in [4.78, 5) is 32.0. The predicted molar refractivity (Wildman–Crippen MR) is 104 cm³/mol. The first-order chi connectivity index (χ1) is 14.2. The largest absolute Gasteiger partial charge is 0.416 e. The van der Waals surface area contributed by atoms with Gasteiger partial charge >= 0.3 is 6.18 Å². The second-order valence-corrected chi connectivity index (χ2v) is 6.52. The second-order valence-electron chi connectivity index (χ2n) is 6.52. The summed E-state index contributed by atoms with van der Waals surface area (Å²) in [6, 6.07) is 12.7. The number of hydrogen-bond donors (Lipinski definition) is 2. The van der Waals surface area contributed by atoms with Crippen LogP contribution in [0.15, 0.2) is 59.4 Å². The van der Waals surface area contributed by atoms with E-state index in [1.54, 1.807) is 24.3 Å². The lowest BCUT2D eigenvalue weighted by atomic mass is 10.2. The molecule has 0 aliphatic rings. The molecular weight excluding hydrogens is 399 g/mol. The number of H-pyrrole nitrogens is 1. The molecule has 7 nitrogen and oxygen atoms in total. The molecule has 0 saturated heterocycles. The van der Waals surface area contributed by atoms with Crippen molar-refractivity contribution in [3.05, 3.63) is 81.8 Å². The molecule has 0 atom stereocenters. The van der Waals surface area contributed by atoms with Crippen LogP contribution in [-0.4, -0.2) is 25.7 Å². The van der Waals surface area contributed by atoms with E-state index < -0.39 is 28.8 Å². The smallest absolute Gasteiger partial charge is 0.324 e. The number of halogens is 3. The van der Waals surface area contributed by atoms with E-state index in [4.69, 9.17) is 0 Å². The highest BCUT2D eigenvalue weighted by atomic mass is 19.4. The Morgan fingerprint density at radius 2 is 1.87 bits per heavy atom. The molecule has 2 N–H and O–H groups in total. The monoisotopic (exact) mass is 413 g/mol. The summed E-state index contributed by atoms with van der Waals surface area (Å²) in [5, 5.41) is 6.46. The van der Waals surface area contributed by atoms with Crippen LogP contribution in [0, 0.1) is 6.92 Å².